The van der Waals surface area contributed by atoms with Crippen LogP contribution in [0.25, 0.3) is 0 Å². The van der Waals surface area contributed by atoms with Crippen molar-refractivity contribution in [2.75, 3.05) is 51.3 Å². The Morgan fingerprint density at radius 1 is 0.871 bits per heavy atom. The number of nitrogens with one attached hydrogen (secondary N) is 3. The molecule has 62 heavy (non-hydrogen) atoms. The normalized spacial score (nSPS) is 28.7. The number of hydrogen-bond acceptors (Lipinski definition) is 11. The zero-order valence-corrected chi connectivity index (χ0v) is 35.1. The molecule has 0 saturated carbocycles. The number of benzene rings is 2. The topological polar surface area (TPSA) is 207 Å². The third-order valence-corrected chi connectivity index (χ3v) is 12.3. The molecule has 4 N–H and O–H groups in total. The van der Waals surface area contributed by atoms with E-state index in [1.165, 1.54) is 23.6 Å². The maximum atomic E-state index is 14.8. The van der Waals surface area contributed by atoms with Crippen molar-refractivity contribution in [1.29, 1.82) is 0 Å². The summed E-state index contributed by atoms with van der Waals surface area (Å²) in [6.07, 6.45) is -2.48. The summed E-state index contributed by atoms with van der Waals surface area (Å²) < 4.78 is 40.3. The first-order valence-corrected chi connectivity index (χ1v) is 21.0. The van der Waals surface area contributed by atoms with Gasteiger partial charge in [0.05, 0.1) is 25.7 Å². The standard InChI is InChI=1S/C43H53F2N7O10/c1-22-11-34-43(60)62-24(3)37(42(59)52-20-30(53)18-33(52)41(58)50-9-10-61-21-35(50)39(56)46-23(2)40(57)51(34)19-22)48-38(55)31(15-26-13-28(44)17-29(45)14-26)47-36(54)16-25-5-6-32-27(12-25)7-8-49(32)4/h5-6,12-14,17,22-24,30-31,33-35,37,53H,7-11,15-16,18-21H2,1-4H3,(H,46,56)(H,47,54)(H,48,55)/t22-,23+,24+,30-,31+,33+,34+,35+,37+/m1/s1. The first-order chi connectivity index (χ1) is 29.5. The van der Waals surface area contributed by atoms with Gasteiger partial charge in [0.25, 0.3) is 0 Å². The Kier molecular flexibility index (Phi) is 13.1. The smallest absolute Gasteiger partial charge is 0.329 e. The summed E-state index contributed by atoms with van der Waals surface area (Å²) >= 11 is 0. The summed E-state index contributed by atoms with van der Waals surface area (Å²) in [5.41, 5.74) is 2.76. The van der Waals surface area contributed by atoms with Crippen molar-refractivity contribution in [3.63, 3.8) is 0 Å². The Morgan fingerprint density at radius 3 is 2.34 bits per heavy atom. The molecule has 5 heterocycles. The molecular formula is C43H53F2N7O10. The molecule has 0 bridgehead atoms. The number of aliphatic hydroxyl groups is 1. The van der Waals surface area contributed by atoms with E-state index in [4.69, 9.17) is 9.47 Å². The van der Waals surface area contributed by atoms with Crippen LogP contribution in [0.4, 0.5) is 14.5 Å². The van der Waals surface area contributed by atoms with Gasteiger partial charge in [-0.2, -0.15) is 0 Å². The number of halogens is 2. The van der Waals surface area contributed by atoms with Gasteiger partial charge in [0.1, 0.15) is 54.0 Å². The summed E-state index contributed by atoms with van der Waals surface area (Å²) in [7, 11) is 1.96. The maximum absolute atomic E-state index is 14.8. The summed E-state index contributed by atoms with van der Waals surface area (Å²) in [6, 6.07) is 0.222. The monoisotopic (exact) mass is 865 g/mol. The van der Waals surface area contributed by atoms with Gasteiger partial charge in [-0.05, 0) is 67.5 Å². The first-order valence-electron chi connectivity index (χ1n) is 21.0. The zero-order valence-electron chi connectivity index (χ0n) is 35.1. The molecule has 0 aliphatic carbocycles. The van der Waals surface area contributed by atoms with Crippen molar-refractivity contribution in [2.24, 2.45) is 5.92 Å². The van der Waals surface area contributed by atoms with Crippen LogP contribution in [0, 0.1) is 17.6 Å². The van der Waals surface area contributed by atoms with Gasteiger partial charge < -0.3 is 50.1 Å². The average molecular weight is 866 g/mol. The van der Waals surface area contributed by atoms with Gasteiger partial charge in [-0.15, -0.1) is 0 Å². The van der Waals surface area contributed by atoms with Crippen molar-refractivity contribution in [3.8, 4) is 0 Å². The number of fused-ring (bicyclic) bond motifs is 4. The van der Waals surface area contributed by atoms with Gasteiger partial charge in [-0.3, -0.25) is 28.8 Å². The third kappa shape index (κ3) is 9.52. The molecule has 2 aromatic carbocycles. The number of anilines is 1. The molecule has 0 unspecified atom stereocenters. The highest BCUT2D eigenvalue weighted by Crippen LogP contribution is 2.29. The fourth-order valence-corrected chi connectivity index (χ4v) is 9.18. The van der Waals surface area contributed by atoms with E-state index in [-0.39, 0.29) is 63.6 Å². The number of rotatable bonds is 7. The van der Waals surface area contributed by atoms with Crippen LogP contribution in [0.5, 0.6) is 0 Å². The van der Waals surface area contributed by atoms with E-state index in [1.807, 2.05) is 26.1 Å². The van der Waals surface area contributed by atoms with Gasteiger partial charge in [0.2, 0.25) is 35.4 Å². The van der Waals surface area contributed by atoms with Gasteiger partial charge in [0.15, 0.2) is 0 Å². The predicted molar refractivity (Wildman–Crippen MR) is 216 cm³/mol. The molecule has 4 fully saturated rings. The van der Waals surface area contributed by atoms with Gasteiger partial charge in [-0.1, -0.05) is 19.1 Å². The van der Waals surface area contributed by atoms with Crippen LogP contribution in [0.15, 0.2) is 36.4 Å². The molecule has 19 heteroatoms. The van der Waals surface area contributed by atoms with Crippen LogP contribution in [-0.4, -0.2) is 156 Å². The SMILES string of the molecule is C[C@@H]1C[C@H]2C(=O)O[C@@H](C)[C@H](NC(=O)[C@H](Cc3cc(F)cc(F)c3)NC(=O)Cc3ccc4c(c3)CCN4C)C(=O)N3C[C@H](O)C[C@H]3C(=O)N3CCOC[C@H]3C(=O)N[C@@H](C)C(=O)N2C1. The molecule has 9 atom stereocenters. The Morgan fingerprint density at radius 2 is 1.60 bits per heavy atom. The number of carbonyl (C=O) groups is 7. The molecule has 0 aromatic heterocycles. The number of esters is 1. The van der Waals surface area contributed by atoms with Crippen LogP contribution < -0.4 is 20.9 Å². The Labute approximate surface area is 357 Å². The Bertz CT molecular complexity index is 2110. The van der Waals surface area contributed by atoms with E-state index in [2.05, 4.69) is 20.9 Å². The highest BCUT2D eigenvalue weighted by molar-refractivity contribution is 5.98. The summed E-state index contributed by atoms with van der Waals surface area (Å²) in [6.45, 7) is 5.07. The van der Waals surface area contributed by atoms with Crippen molar-refractivity contribution in [1.82, 2.24) is 30.7 Å². The average Bonchev–Trinajstić information content (AvgIpc) is 3.93. The molecule has 17 nitrogen and oxygen atoms in total. The lowest BCUT2D eigenvalue weighted by atomic mass is 10.0. The number of likely N-dealkylation sites (N-methyl/N-ethyl adjacent to an activating group) is 1. The van der Waals surface area contributed by atoms with Crippen LogP contribution >= 0.6 is 0 Å². The molecule has 6 amide bonds. The van der Waals surface area contributed by atoms with Crippen molar-refractivity contribution in [3.05, 3.63) is 64.7 Å². The number of cyclic esters (lactones) is 1. The molecule has 0 spiro atoms. The first kappa shape index (κ1) is 44.4. The van der Waals surface area contributed by atoms with E-state index in [0.29, 0.717) is 11.6 Å². The molecule has 4 saturated heterocycles. The number of morpholine rings is 1. The van der Waals surface area contributed by atoms with E-state index >= 15 is 0 Å². The predicted octanol–water partition coefficient (Wildman–Crippen LogP) is -0.412. The second-order valence-corrected chi connectivity index (χ2v) is 17.1. The summed E-state index contributed by atoms with van der Waals surface area (Å²) in [4.78, 5) is 104. The number of aliphatic hydroxyl groups excluding tert-OH is 1. The minimum Gasteiger partial charge on any atom is -0.458 e. The molecule has 5 aliphatic heterocycles. The largest absolute Gasteiger partial charge is 0.458 e. The van der Waals surface area contributed by atoms with Gasteiger partial charge >= 0.3 is 5.97 Å². The highest BCUT2D eigenvalue weighted by Gasteiger charge is 2.49. The van der Waals surface area contributed by atoms with Crippen LogP contribution in [0.2, 0.25) is 0 Å². The molecular weight excluding hydrogens is 813 g/mol. The zero-order chi connectivity index (χ0) is 44.6. The highest BCUT2D eigenvalue weighted by atomic mass is 19.1. The molecule has 0 radical (unpaired) electrons. The fraction of sp³-hybridized carbons (Fsp3) is 0.558. The lowest BCUT2D eigenvalue weighted by Gasteiger charge is -2.39. The van der Waals surface area contributed by atoms with Crippen LogP contribution in [0.3, 0.4) is 0 Å². The fourth-order valence-electron chi connectivity index (χ4n) is 9.18. The maximum Gasteiger partial charge on any atom is 0.329 e. The molecule has 7 rings (SSSR count). The number of amides is 6. The molecule has 334 valence electrons. The number of nitrogens with zero attached hydrogens (tertiary/aromatic N) is 4. The number of hydrogen-bond donors (Lipinski definition) is 4. The molecule has 2 aromatic rings. The lowest BCUT2D eigenvalue weighted by molar-refractivity contribution is -0.164. The van der Waals surface area contributed by atoms with Crippen LogP contribution in [-0.2, 0) is 62.3 Å². The molecule has 5 aliphatic rings. The van der Waals surface area contributed by atoms with Gasteiger partial charge in [0, 0.05) is 57.8 Å². The minimum atomic E-state index is -1.75. The van der Waals surface area contributed by atoms with E-state index in [0.717, 1.165) is 41.2 Å². The van der Waals surface area contributed by atoms with Crippen LogP contribution in [0.1, 0.15) is 50.3 Å². The van der Waals surface area contributed by atoms with Crippen molar-refractivity contribution < 1.29 is 56.9 Å². The second kappa shape index (κ2) is 18.3. The van der Waals surface area contributed by atoms with Gasteiger partial charge in [-0.25, -0.2) is 13.6 Å². The lowest BCUT2D eigenvalue weighted by Crippen LogP contribution is -2.64. The van der Waals surface area contributed by atoms with E-state index < -0.39 is 108 Å². The third-order valence-electron chi connectivity index (χ3n) is 12.3. The van der Waals surface area contributed by atoms with E-state index in [9.17, 15) is 47.4 Å². The minimum absolute atomic E-state index is 0.0130. The Hall–Kier alpha value is -5.69. The van der Waals surface area contributed by atoms with E-state index in [1.54, 1.807) is 6.07 Å². The van der Waals surface area contributed by atoms with Crippen molar-refractivity contribution in [2.45, 2.75) is 101 Å². The number of ether oxygens (including phenoxy) is 2. The number of carbonyl (C=O) groups excluding carboxylic acids is 7. The van der Waals surface area contributed by atoms with Crippen molar-refractivity contribution >= 4 is 47.1 Å². The Balaban J connectivity index is 1.21. The second-order valence-electron chi connectivity index (χ2n) is 17.1. The quantitative estimate of drug-likeness (QED) is 0.263. The summed E-state index contributed by atoms with van der Waals surface area (Å²) in [5.74, 6) is -7.38. The summed E-state index contributed by atoms with van der Waals surface area (Å²) in [5, 5.41) is 18.8.